The van der Waals surface area contributed by atoms with E-state index in [2.05, 4.69) is 20.8 Å². The van der Waals surface area contributed by atoms with Crippen molar-refractivity contribution in [2.75, 3.05) is 13.2 Å². The number of esters is 1. The summed E-state index contributed by atoms with van der Waals surface area (Å²) < 4.78 is 16.7. The molecule has 0 N–H and O–H groups in total. The fourth-order valence-electron chi connectivity index (χ4n) is 3.56. The molecule has 1 aliphatic rings. The first-order chi connectivity index (χ1) is 10.9. The summed E-state index contributed by atoms with van der Waals surface area (Å²) in [6.45, 7) is 11.7. The van der Waals surface area contributed by atoms with Crippen LogP contribution in [-0.2, 0) is 19.0 Å². The molecule has 0 saturated carbocycles. The van der Waals surface area contributed by atoms with Gasteiger partial charge in [-0.3, -0.25) is 4.79 Å². The maximum atomic E-state index is 11.7. The average Bonchev–Trinajstić information content (AvgIpc) is 2.47. The minimum absolute atomic E-state index is 0.00721. The Hall–Kier alpha value is -0.610. The van der Waals surface area contributed by atoms with E-state index in [9.17, 15) is 4.79 Å². The summed E-state index contributed by atoms with van der Waals surface area (Å²) in [5.41, 5.74) is 0. The van der Waals surface area contributed by atoms with Gasteiger partial charge >= 0.3 is 5.97 Å². The maximum absolute atomic E-state index is 11.7. The monoisotopic (exact) mass is 328 g/mol. The van der Waals surface area contributed by atoms with Crippen LogP contribution in [0, 0.1) is 17.8 Å². The van der Waals surface area contributed by atoms with E-state index in [0.717, 1.165) is 38.7 Å². The topological polar surface area (TPSA) is 44.8 Å². The third kappa shape index (κ3) is 8.71. The molecule has 1 aliphatic heterocycles. The number of rotatable bonds is 10. The van der Waals surface area contributed by atoms with Crippen molar-refractivity contribution in [1.82, 2.24) is 0 Å². The summed E-state index contributed by atoms with van der Waals surface area (Å²) in [5.74, 6) is 1.01. The fourth-order valence-corrected chi connectivity index (χ4v) is 3.56. The lowest BCUT2D eigenvalue weighted by atomic mass is 9.87. The zero-order valence-corrected chi connectivity index (χ0v) is 15.7. The Morgan fingerprint density at radius 2 is 1.78 bits per heavy atom. The minimum atomic E-state index is -0.0712. The molecular formula is C19H36O4. The van der Waals surface area contributed by atoms with Crippen molar-refractivity contribution in [2.45, 2.75) is 85.5 Å². The van der Waals surface area contributed by atoms with Gasteiger partial charge in [-0.2, -0.15) is 0 Å². The van der Waals surface area contributed by atoms with Gasteiger partial charge in [-0.15, -0.1) is 0 Å². The van der Waals surface area contributed by atoms with Crippen LogP contribution in [-0.4, -0.2) is 31.6 Å². The smallest absolute Gasteiger partial charge is 0.308 e. The highest BCUT2D eigenvalue weighted by Crippen LogP contribution is 2.25. The van der Waals surface area contributed by atoms with Crippen LogP contribution in [0.5, 0.6) is 0 Å². The Morgan fingerprint density at radius 3 is 2.39 bits per heavy atom. The molecule has 5 atom stereocenters. The van der Waals surface area contributed by atoms with Gasteiger partial charge in [0.2, 0.25) is 0 Å². The second-order valence-corrected chi connectivity index (χ2v) is 7.31. The van der Waals surface area contributed by atoms with Crippen molar-refractivity contribution in [1.29, 1.82) is 0 Å². The van der Waals surface area contributed by atoms with Crippen molar-refractivity contribution in [3.05, 3.63) is 0 Å². The van der Waals surface area contributed by atoms with Crippen LogP contribution in [0.15, 0.2) is 0 Å². The van der Waals surface area contributed by atoms with Crippen LogP contribution in [0.4, 0.5) is 0 Å². The highest BCUT2D eigenvalue weighted by molar-refractivity contribution is 5.71. The molecule has 1 rings (SSSR count). The lowest BCUT2D eigenvalue weighted by Gasteiger charge is -2.28. The van der Waals surface area contributed by atoms with Crippen molar-refractivity contribution in [3.63, 3.8) is 0 Å². The molecule has 0 aromatic heterocycles. The number of hydrogen-bond donors (Lipinski definition) is 0. The van der Waals surface area contributed by atoms with Crippen LogP contribution in [0.25, 0.3) is 0 Å². The van der Waals surface area contributed by atoms with Gasteiger partial charge in [-0.25, -0.2) is 0 Å². The number of carbonyl (C=O) groups excluding carboxylic acids is 1. The van der Waals surface area contributed by atoms with E-state index in [1.807, 2.05) is 13.8 Å². The summed E-state index contributed by atoms with van der Waals surface area (Å²) in [6, 6.07) is 0. The van der Waals surface area contributed by atoms with Gasteiger partial charge in [0.15, 0.2) is 6.29 Å². The second kappa shape index (κ2) is 11.0. The Labute approximate surface area is 142 Å². The molecular weight excluding hydrogens is 292 g/mol. The Morgan fingerprint density at radius 1 is 1.09 bits per heavy atom. The third-order valence-electron chi connectivity index (χ3n) is 4.51. The lowest BCUT2D eigenvalue weighted by molar-refractivity contribution is -0.187. The quantitative estimate of drug-likeness (QED) is 0.551. The molecule has 0 aliphatic carbocycles. The van der Waals surface area contributed by atoms with E-state index in [1.54, 1.807) is 0 Å². The normalized spacial score (nSPS) is 23.8. The summed E-state index contributed by atoms with van der Waals surface area (Å²) in [6.07, 6.45) is 6.64. The average molecular weight is 328 g/mol. The lowest BCUT2D eigenvalue weighted by Crippen LogP contribution is -2.27. The zero-order chi connectivity index (χ0) is 17.2. The highest BCUT2D eigenvalue weighted by Gasteiger charge is 2.21. The summed E-state index contributed by atoms with van der Waals surface area (Å²) in [4.78, 5) is 11.7. The molecule has 0 spiro atoms. The van der Waals surface area contributed by atoms with Gasteiger partial charge in [0, 0.05) is 6.61 Å². The summed E-state index contributed by atoms with van der Waals surface area (Å²) in [7, 11) is 0. The predicted octanol–water partition coefficient (Wildman–Crippen LogP) is 4.56. The fraction of sp³-hybridized carbons (Fsp3) is 0.947. The summed E-state index contributed by atoms with van der Waals surface area (Å²) >= 11 is 0. The van der Waals surface area contributed by atoms with E-state index in [0.29, 0.717) is 18.4 Å². The molecule has 2 unspecified atom stereocenters. The van der Waals surface area contributed by atoms with Gasteiger partial charge in [-0.1, -0.05) is 20.8 Å². The van der Waals surface area contributed by atoms with E-state index < -0.39 is 0 Å². The van der Waals surface area contributed by atoms with Crippen molar-refractivity contribution >= 4 is 5.97 Å². The first kappa shape index (κ1) is 20.4. The highest BCUT2D eigenvalue weighted by atomic mass is 16.7. The van der Waals surface area contributed by atoms with Crippen LogP contribution in [0.2, 0.25) is 0 Å². The SMILES string of the molecule is CCOC(=O)C(C)C[C@H](C)C[C@H](C)C[C@H](C)OC1CCCCO1. The molecule has 0 bridgehead atoms. The standard InChI is InChI=1S/C19H36O4/c1-6-21-19(20)16(4)12-14(2)11-15(3)13-17(5)23-18-9-7-8-10-22-18/h14-18H,6-13H2,1-5H3/t14-,15+,16?,17+,18?/m1/s1. The second-order valence-electron chi connectivity index (χ2n) is 7.31. The predicted molar refractivity (Wildman–Crippen MR) is 92.1 cm³/mol. The maximum Gasteiger partial charge on any atom is 0.308 e. The van der Waals surface area contributed by atoms with Gasteiger partial charge < -0.3 is 14.2 Å². The molecule has 23 heavy (non-hydrogen) atoms. The van der Waals surface area contributed by atoms with E-state index in [1.165, 1.54) is 6.42 Å². The molecule has 1 saturated heterocycles. The Bertz CT molecular complexity index is 325. The van der Waals surface area contributed by atoms with E-state index in [-0.39, 0.29) is 24.3 Å². The Balaban J connectivity index is 2.23. The Kier molecular flexibility index (Phi) is 9.80. The molecule has 0 aromatic carbocycles. The van der Waals surface area contributed by atoms with Crippen LogP contribution < -0.4 is 0 Å². The minimum Gasteiger partial charge on any atom is -0.466 e. The molecule has 0 amide bonds. The number of ether oxygens (including phenoxy) is 3. The van der Waals surface area contributed by atoms with Gasteiger partial charge in [0.1, 0.15) is 0 Å². The largest absolute Gasteiger partial charge is 0.466 e. The van der Waals surface area contributed by atoms with Crippen molar-refractivity contribution < 1.29 is 19.0 Å². The molecule has 1 fully saturated rings. The van der Waals surface area contributed by atoms with Gasteiger partial charge in [0.25, 0.3) is 0 Å². The van der Waals surface area contributed by atoms with Gasteiger partial charge in [0.05, 0.1) is 18.6 Å². The molecule has 4 heteroatoms. The van der Waals surface area contributed by atoms with Crippen molar-refractivity contribution in [3.8, 4) is 0 Å². The zero-order valence-electron chi connectivity index (χ0n) is 15.7. The van der Waals surface area contributed by atoms with Crippen LogP contribution >= 0.6 is 0 Å². The van der Waals surface area contributed by atoms with Crippen LogP contribution in [0.1, 0.15) is 73.1 Å². The first-order valence-corrected chi connectivity index (χ1v) is 9.36. The van der Waals surface area contributed by atoms with Gasteiger partial charge in [-0.05, 0) is 64.2 Å². The van der Waals surface area contributed by atoms with E-state index >= 15 is 0 Å². The molecule has 1 heterocycles. The molecule has 0 radical (unpaired) electrons. The van der Waals surface area contributed by atoms with Crippen LogP contribution in [0.3, 0.4) is 0 Å². The van der Waals surface area contributed by atoms with Crippen molar-refractivity contribution in [2.24, 2.45) is 17.8 Å². The first-order valence-electron chi connectivity index (χ1n) is 9.36. The van der Waals surface area contributed by atoms with E-state index in [4.69, 9.17) is 14.2 Å². The third-order valence-corrected chi connectivity index (χ3v) is 4.51. The number of hydrogen-bond acceptors (Lipinski definition) is 4. The molecule has 4 nitrogen and oxygen atoms in total. The molecule has 136 valence electrons. The summed E-state index contributed by atoms with van der Waals surface area (Å²) in [5, 5.41) is 0. The molecule has 0 aromatic rings. The number of carbonyl (C=O) groups is 1.